The average Bonchev–Trinajstić information content (AvgIpc) is 2.36. The zero-order valence-corrected chi connectivity index (χ0v) is 11.4. The number of hydrogen-bond acceptors (Lipinski definition) is 4. The molecule has 0 aromatic rings. The van der Waals surface area contributed by atoms with Crippen molar-refractivity contribution in [2.45, 2.75) is 26.7 Å². The summed E-state index contributed by atoms with van der Waals surface area (Å²) >= 11 is 0. The standard InChI is InChI=1S/C12H25N3O3/c1-3-6-14-11(16)9-15(7-4-2)12(17)10-18-8-5-13/h3-10,13H2,1-2H3,(H,14,16). The van der Waals surface area contributed by atoms with Crippen LogP contribution < -0.4 is 11.1 Å². The molecule has 0 radical (unpaired) electrons. The predicted molar refractivity (Wildman–Crippen MR) is 70.0 cm³/mol. The Hall–Kier alpha value is -1.14. The number of nitrogens with zero attached hydrogens (tertiary/aromatic N) is 1. The highest BCUT2D eigenvalue weighted by Crippen LogP contribution is 1.94. The van der Waals surface area contributed by atoms with Crippen LogP contribution in [0.5, 0.6) is 0 Å². The van der Waals surface area contributed by atoms with Gasteiger partial charge in [0.05, 0.1) is 13.2 Å². The molecule has 0 bridgehead atoms. The largest absolute Gasteiger partial charge is 0.370 e. The average molecular weight is 259 g/mol. The van der Waals surface area contributed by atoms with Gasteiger partial charge in [0, 0.05) is 19.6 Å². The van der Waals surface area contributed by atoms with Gasteiger partial charge in [-0.05, 0) is 12.8 Å². The summed E-state index contributed by atoms with van der Waals surface area (Å²) in [4.78, 5) is 24.9. The molecule has 0 heterocycles. The third kappa shape index (κ3) is 8.03. The van der Waals surface area contributed by atoms with E-state index >= 15 is 0 Å². The highest BCUT2D eigenvalue weighted by Gasteiger charge is 2.15. The molecule has 0 saturated carbocycles. The molecule has 0 rings (SSSR count). The molecule has 6 nitrogen and oxygen atoms in total. The summed E-state index contributed by atoms with van der Waals surface area (Å²) in [5, 5.41) is 2.75. The number of carbonyl (C=O) groups excluding carboxylic acids is 2. The van der Waals surface area contributed by atoms with E-state index < -0.39 is 0 Å². The van der Waals surface area contributed by atoms with Crippen LogP contribution in [0, 0.1) is 0 Å². The Kier molecular flexibility index (Phi) is 10.3. The van der Waals surface area contributed by atoms with Crippen molar-refractivity contribution in [1.29, 1.82) is 0 Å². The van der Waals surface area contributed by atoms with Gasteiger partial charge in [-0.2, -0.15) is 0 Å². The number of nitrogens with two attached hydrogens (primary N) is 1. The molecule has 0 aliphatic heterocycles. The van der Waals surface area contributed by atoms with Crippen LogP contribution in [0.4, 0.5) is 0 Å². The van der Waals surface area contributed by atoms with Crippen molar-refractivity contribution in [1.82, 2.24) is 10.2 Å². The minimum atomic E-state index is -0.169. The van der Waals surface area contributed by atoms with E-state index in [0.29, 0.717) is 26.2 Å². The lowest BCUT2D eigenvalue weighted by Gasteiger charge is -2.21. The predicted octanol–water partition coefficient (Wildman–Crippen LogP) is -0.273. The fourth-order valence-electron chi connectivity index (χ4n) is 1.39. The highest BCUT2D eigenvalue weighted by molar-refractivity contribution is 5.85. The molecule has 0 fully saturated rings. The Morgan fingerprint density at radius 3 is 2.56 bits per heavy atom. The Morgan fingerprint density at radius 2 is 2.00 bits per heavy atom. The Bertz CT molecular complexity index is 247. The van der Waals surface area contributed by atoms with E-state index in [1.807, 2.05) is 13.8 Å². The molecule has 6 heteroatoms. The van der Waals surface area contributed by atoms with Gasteiger partial charge in [0.1, 0.15) is 6.61 Å². The van der Waals surface area contributed by atoms with Gasteiger partial charge in [0.25, 0.3) is 0 Å². The minimum Gasteiger partial charge on any atom is -0.370 e. The molecule has 0 aliphatic rings. The van der Waals surface area contributed by atoms with E-state index in [2.05, 4.69) is 5.32 Å². The first-order valence-corrected chi connectivity index (χ1v) is 6.47. The zero-order chi connectivity index (χ0) is 13.8. The molecule has 2 amide bonds. The maximum atomic E-state index is 11.8. The third-order valence-electron chi connectivity index (χ3n) is 2.24. The van der Waals surface area contributed by atoms with Crippen molar-refractivity contribution >= 4 is 11.8 Å². The van der Waals surface area contributed by atoms with Crippen molar-refractivity contribution in [2.75, 3.05) is 39.4 Å². The van der Waals surface area contributed by atoms with Crippen LogP contribution in [0.25, 0.3) is 0 Å². The number of hydrogen-bond donors (Lipinski definition) is 2. The van der Waals surface area contributed by atoms with Crippen LogP contribution in [-0.4, -0.2) is 56.1 Å². The molecule has 0 saturated heterocycles. The number of amides is 2. The summed E-state index contributed by atoms with van der Waals surface area (Å²) in [7, 11) is 0. The number of nitrogens with one attached hydrogen (secondary N) is 1. The van der Waals surface area contributed by atoms with Crippen LogP contribution in [0.3, 0.4) is 0 Å². The van der Waals surface area contributed by atoms with E-state index in [0.717, 1.165) is 12.8 Å². The van der Waals surface area contributed by atoms with Crippen LogP contribution in [0.15, 0.2) is 0 Å². The first kappa shape index (κ1) is 16.9. The van der Waals surface area contributed by atoms with Crippen molar-refractivity contribution in [2.24, 2.45) is 5.73 Å². The second-order valence-electron chi connectivity index (χ2n) is 4.01. The molecule has 0 aromatic carbocycles. The smallest absolute Gasteiger partial charge is 0.249 e. The van der Waals surface area contributed by atoms with Gasteiger partial charge >= 0.3 is 0 Å². The SMILES string of the molecule is CCCNC(=O)CN(CCC)C(=O)COCCN. The van der Waals surface area contributed by atoms with Gasteiger partial charge in [0.15, 0.2) is 0 Å². The van der Waals surface area contributed by atoms with Gasteiger partial charge in [-0.1, -0.05) is 13.8 Å². The number of ether oxygens (including phenoxy) is 1. The first-order chi connectivity index (χ1) is 8.65. The van der Waals surface area contributed by atoms with Crippen LogP contribution >= 0.6 is 0 Å². The molecular weight excluding hydrogens is 234 g/mol. The van der Waals surface area contributed by atoms with Crippen molar-refractivity contribution < 1.29 is 14.3 Å². The van der Waals surface area contributed by atoms with Crippen LogP contribution in [0.2, 0.25) is 0 Å². The van der Waals surface area contributed by atoms with E-state index in [1.54, 1.807) is 0 Å². The topological polar surface area (TPSA) is 84.7 Å². The van der Waals surface area contributed by atoms with Crippen molar-refractivity contribution in [3.05, 3.63) is 0 Å². The fourth-order valence-corrected chi connectivity index (χ4v) is 1.39. The van der Waals surface area contributed by atoms with E-state index in [9.17, 15) is 9.59 Å². The molecule has 0 unspecified atom stereocenters. The Balaban J connectivity index is 4.10. The van der Waals surface area contributed by atoms with Crippen LogP contribution in [-0.2, 0) is 14.3 Å². The lowest BCUT2D eigenvalue weighted by atomic mass is 10.3. The third-order valence-corrected chi connectivity index (χ3v) is 2.24. The van der Waals surface area contributed by atoms with Gasteiger partial charge in [-0.15, -0.1) is 0 Å². The summed E-state index contributed by atoms with van der Waals surface area (Å²) in [6.07, 6.45) is 1.69. The summed E-state index contributed by atoms with van der Waals surface area (Å²) < 4.78 is 5.09. The molecule has 3 N–H and O–H groups in total. The lowest BCUT2D eigenvalue weighted by molar-refractivity contribution is -0.139. The highest BCUT2D eigenvalue weighted by atomic mass is 16.5. The first-order valence-electron chi connectivity index (χ1n) is 6.47. The maximum absolute atomic E-state index is 11.8. The van der Waals surface area contributed by atoms with E-state index in [1.165, 1.54) is 4.90 Å². The maximum Gasteiger partial charge on any atom is 0.249 e. The van der Waals surface area contributed by atoms with Crippen molar-refractivity contribution in [3.8, 4) is 0 Å². The quantitative estimate of drug-likeness (QED) is 0.529. The lowest BCUT2D eigenvalue weighted by Crippen LogP contribution is -2.43. The molecule has 0 aliphatic carbocycles. The Morgan fingerprint density at radius 1 is 1.28 bits per heavy atom. The molecule has 18 heavy (non-hydrogen) atoms. The number of carbonyl (C=O) groups is 2. The van der Waals surface area contributed by atoms with Gasteiger partial charge in [-0.3, -0.25) is 9.59 Å². The fraction of sp³-hybridized carbons (Fsp3) is 0.833. The van der Waals surface area contributed by atoms with Gasteiger partial charge < -0.3 is 20.7 Å². The molecular formula is C12H25N3O3. The summed E-state index contributed by atoms with van der Waals surface area (Å²) in [5.74, 6) is -0.297. The number of rotatable bonds is 10. The second-order valence-corrected chi connectivity index (χ2v) is 4.01. The van der Waals surface area contributed by atoms with E-state index in [4.69, 9.17) is 10.5 Å². The van der Waals surface area contributed by atoms with Gasteiger partial charge in [-0.25, -0.2) is 0 Å². The zero-order valence-electron chi connectivity index (χ0n) is 11.4. The minimum absolute atomic E-state index is 0.0156. The molecule has 0 atom stereocenters. The van der Waals surface area contributed by atoms with Gasteiger partial charge in [0.2, 0.25) is 11.8 Å². The van der Waals surface area contributed by atoms with Crippen molar-refractivity contribution in [3.63, 3.8) is 0 Å². The van der Waals surface area contributed by atoms with E-state index in [-0.39, 0.29) is 25.0 Å². The summed E-state index contributed by atoms with van der Waals surface area (Å²) in [5.41, 5.74) is 5.27. The molecule has 0 spiro atoms. The molecule has 106 valence electrons. The Labute approximate surface area is 109 Å². The monoisotopic (exact) mass is 259 g/mol. The van der Waals surface area contributed by atoms with Crippen LogP contribution in [0.1, 0.15) is 26.7 Å². The summed E-state index contributed by atoms with van der Waals surface area (Å²) in [6, 6.07) is 0. The molecule has 0 aromatic heterocycles. The summed E-state index contributed by atoms with van der Waals surface area (Å²) in [6.45, 7) is 5.96. The normalized spacial score (nSPS) is 10.2. The second kappa shape index (κ2) is 11.0.